The second-order valence-electron chi connectivity index (χ2n) is 5.49. The third kappa shape index (κ3) is 6.34. The van der Waals surface area contributed by atoms with Crippen LogP contribution in [0.5, 0.6) is 17.2 Å². The molecule has 0 aliphatic carbocycles. The van der Waals surface area contributed by atoms with E-state index in [1.807, 2.05) is 6.92 Å². The van der Waals surface area contributed by atoms with Gasteiger partial charge in [0.1, 0.15) is 5.75 Å². The average Bonchev–Trinajstić information content (AvgIpc) is 2.64. The fraction of sp³-hybridized carbons (Fsp3) is 0.200. The van der Waals surface area contributed by atoms with Crippen LogP contribution in [0.3, 0.4) is 0 Å². The lowest BCUT2D eigenvalue weighted by Gasteiger charge is -2.10. The lowest BCUT2D eigenvalue weighted by Crippen LogP contribution is -2.24. The van der Waals surface area contributed by atoms with Crippen LogP contribution in [-0.2, 0) is 11.2 Å². The van der Waals surface area contributed by atoms with Gasteiger partial charge in [-0.1, -0.05) is 23.7 Å². The molecule has 27 heavy (non-hydrogen) atoms. The second kappa shape index (κ2) is 10.2. The molecule has 0 saturated carbocycles. The molecule has 0 aliphatic rings. The minimum Gasteiger partial charge on any atom is -0.504 e. The molecule has 0 aliphatic heterocycles. The molecule has 7 heteroatoms. The number of hydrogen-bond acceptors (Lipinski definition) is 5. The number of aromatic hydroxyl groups is 1. The van der Waals surface area contributed by atoms with Crippen LogP contribution in [0.4, 0.5) is 0 Å². The molecule has 2 aromatic rings. The Labute approximate surface area is 163 Å². The number of hydrogen-bond donors (Lipinski definition) is 2. The van der Waals surface area contributed by atoms with E-state index in [1.165, 1.54) is 6.21 Å². The van der Waals surface area contributed by atoms with E-state index in [-0.39, 0.29) is 12.4 Å². The van der Waals surface area contributed by atoms with Gasteiger partial charge in [-0.25, -0.2) is 5.43 Å². The zero-order valence-corrected chi connectivity index (χ0v) is 15.7. The van der Waals surface area contributed by atoms with Gasteiger partial charge < -0.3 is 14.6 Å². The Balaban J connectivity index is 1.98. The number of phenolic OH excluding ortho intramolecular Hbond substituents is 1. The Bertz CT molecular complexity index is 837. The number of rotatable bonds is 9. The summed E-state index contributed by atoms with van der Waals surface area (Å²) in [5.41, 5.74) is 3.71. The highest BCUT2D eigenvalue weighted by molar-refractivity contribution is 6.30. The van der Waals surface area contributed by atoms with E-state index >= 15 is 0 Å². The Kier molecular flexibility index (Phi) is 7.70. The van der Waals surface area contributed by atoms with Crippen molar-refractivity contribution in [1.82, 2.24) is 5.43 Å². The van der Waals surface area contributed by atoms with Gasteiger partial charge in [0, 0.05) is 10.6 Å². The Morgan fingerprint density at radius 1 is 1.33 bits per heavy atom. The molecular formula is C20H21ClN2O4. The van der Waals surface area contributed by atoms with Crippen LogP contribution in [0.25, 0.3) is 0 Å². The summed E-state index contributed by atoms with van der Waals surface area (Å²) >= 11 is 5.85. The number of benzene rings is 2. The first-order valence-electron chi connectivity index (χ1n) is 8.33. The smallest absolute Gasteiger partial charge is 0.277 e. The third-order valence-corrected chi connectivity index (χ3v) is 3.64. The van der Waals surface area contributed by atoms with Crippen molar-refractivity contribution in [3.8, 4) is 17.2 Å². The van der Waals surface area contributed by atoms with Crippen LogP contribution in [-0.4, -0.2) is 30.4 Å². The maximum atomic E-state index is 11.8. The summed E-state index contributed by atoms with van der Waals surface area (Å²) in [6.07, 6.45) is 3.62. The van der Waals surface area contributed by atoms with Gasteiger partial charge in [0.15, 0.2) is 18.1 Å². The number of ether oxygens (including phenoxy) is 2. The molecule has 2 rings (SSSR count). The largest absolute Gasteiger partial charge is 0.504 e. The molecule has 0 spiro atoms. The van der Waals surface area contributed by atoms with Crippen LogP contribution in [0.2, 0.25) is 5.02 Å². The minimum atomic E-state index is -0.415. The number of hydrazone groups is 1. The zero-order chi connectivity index (χ0) is 19.6. The molecule has 0 bridgehead atoms. The van der Waals surface area contributed by atoms with Gasteiger partial charge in [-0.15, -0.1) is 6.58 Å². The molecule has 142 valence electrons. The molecule has 0 radical (unpaired) electrons. The van der Waals surface area contributed by atoms with Crippen LogP contribution in [0.15, 0.2) is 54.2 Å². The van der Waals surface area contributed by atoms with Crippen LogP contribution in [0, 0.1) is 0 Å². The molecule has 0 heterocycles. The van der Waals surface area contributed by atoms with Gasteiger partial charge in [-0.2, -0.15) is 5.10 Å². The molecule has 6 nitrogen and oxygen atoms in total. The summed E-state index contributed by atoms with van der Waals surface area (Å²) in [6.45, 7) is 5.72. The van der Waals surface area contributed by atoms with Gasteiger partial charge in [-0.3, -0.25) is 4.79 Å². The van der Waals surface area contributed by atoms with Crippen LogP contribution >= 0.6 is 11.6 Å². The summed E-state index contributed by atoms with van der Waals surface area (Å²) in [5, 5.41) is 14.6. The molecule has 2 aromatic carbocycles. The maximum Gasteiger partial charge on any atom is 0.277 e. The van der Waals surface area contributed by atoms with Gasteiger partial charge >= 0.3 is 0 Å². The van der Waals surface area contributed by atoms with Crippen molar-refractivity contribution in [2.45, 2.75) is 13.3 Å². The van der Waals surface area contributed by atoms with E-state index in [9.17, 15) is 9.90 Å². The van der Waals surface area contributed by atoms with E-state index in [2.05, 4.69) is 17.1 Å². The number of amides is 1. The van der Waals surface area contributed by atoms with Crippen molar-refractivity contribution in [3.63, 3.8) is 0 Å². The second-order valence-corrected chi connectivity index (χ2v) is 5.93. The average molecular weight is 389 g/mol. The molecular weight excluding hydrogens is 368 g/mol. The maximum absolute atomic E-state index is 11.8. The minimum absolute atomic E-state index is 0.0767. The van der Waals surface area contributed by atoms with E-state index in [0.717, 1.165) is 0 Å². The van der Waals surface area contributed by atoms with Crippen LogP contribution < -0.4 is 14.9 Å². The monoisotopic (exact) mass is 388 g/mol. The molecule has 0 atom stereocenters. The fourth-order valence-corrected chi connectivity index (χ4v) is 2.44. The number of carbonyl (C=O) groups excluding carboxylic acids is 1. The van der Waals surface area contributed by atoms with Gasteiger partial charge in [0.05, 0.1) is 12.8 Å². The summed E-state index contributed by atoms with van der Waals surface area (Å²) in [4.78, 5) is 11.8. The Morgan fingerprint density at radius 3 is 2.85 bits per heavy atom. The SMILES string of the molecule is C=CCc1cc(/C=N/NC(=O)COc2cccc(Cl)c2)cc(OCC)c1O. The highest BCUT2D eigenvalue weighted by Crippen LogP contribution is 2.31. The lowest BCUT2D eigenvalue weighted by molar-refractivity contribution is -0.123. The standard InChI is InChI=1S/C20H21ClN2O4/c1-3-6-15-9-14(10-18(20(15)25)26-4-2)12-22-23-19(24)13-27-17-8-5-7-16(21)11-17/h3,5,7-12,25H,1,4,6,13H2,2H3,(H,23,24)/b22-12+. The molecule has 0 saturated heterocycles. The molecule has 1 amide bonds. The molecule has 0 fully saturated rings. The fourth-order valence-electron chi connectivity index (χ4n) is 2.26. The summed E-state index contributed by atoms with van der Waals surface area (Å²) in [5.74, 6) is 0.513. The van der Waals surface area contributed by atoms with Crippen molar-refractivity contribution in [2.75, 3.05) is 13.2 Å². The predicted molar refractivity (Wildman–Crippen MR) is 106 cm³/mol. The number of nitrogens with zero attached hydrogens (tertiary/aromatic N) is 1. The number of halogens is 1. The topological polar surface area (TPSA) is 80.2 Å². The van der Waals surface area contributed by atoms with E-state index in [4.69, 9.17) is 21.1 Å². The van der Waals surface area contributed by atoms with Crippen molar-refractivity contribution < 1.29 is 19.4 Å². The van der Waals surface area contributed by atoms with E-state index in [0.29, 0.717) is 40.7 Å². The zero-order valence-electron chi connectivity index (χ0n) is 14.9. The van der Waals surface area contributed by atoms with E-state index < -0.39 is 5.91 Å². The van der Waals surface area contributed by atoms with Crippen molar-refractivity contribution in [1.29, 1.82) is 0 Å². The van der Waals surface area contributed by atoms with E-state index in [1.54, 1.807) is 42.5 Å². The predicted octanol–water partition coefficient (Wildman–Crippen LogP) is 3.70. The van der Waals surface area contributed by atoms with Gasteiger partial charge in [0.25, 0.3) is 5.91 Å². The molecule has 0 aromatic heterocycles. The lowest BCUT2D eigenvalue weighted by atomic mass is 10.1. The Morgan fingerprint density at radius 2 is 2.15 bits per heavy atom. The van der Waals surface area contributed by atoms with Crippen molar-refractivity contribution in [2.24, 2.45) is 5.10 Å². The molecule has 2 N–H and O–H groups in total. The number of allylic oxidation sites excluding steroid dienone is 1. The van der Waals surface area contributed by atoms with Crippen LogP contribution in [0.1, 0.15) is 18.1 Å². The van der Waals surface area contributed by atoms with Crippen molar-refractivity contribution >= 4 is 23.7 Å². The quantitative estimate of drug-likeness (QED) is 0.390. The highest BCUT2D eigenvalue weighted by atomic mass is 35.5. The molecule has 0 unspecified atom stereocenters. The first-order valence-corrected chi connectivity index (χ1v) is 8.71. The normalized spacial score (nSPS) is 10.6. The first kappa shape index (κ1) is 20.3. The third-order valence-electron chi connectivity index (χ3n) is 3.41. The van der Waals surface area contributed by atoms with Gasteiger partial charge in [0.2, 0.25) is 0 Å². The number of carbonyl (C=O) groups is 1. The highest BCUT2D eigenvalue weighted by Gasteiger charge is 2.09. The summed E-state index contributed by atoms with van der Waals surface area (Å²) in [6, 6.07) is 10.2. The number of phenols is 1. The Hall–Kier alpha value is -2.99. The summed E-state index contributed by atoms with van der Waals surface area (Å²) < 4.78 is 10.8. The van der Waals surface area contributed by atoms with Gasteiger partial charge in [-0.05, 0) is 49.2 Å². The summed E-state index contributed by atoms with van der Waals surface area (Å²) in [7, 11) is 0. The number of nitrogens with one attached hydrogen (secondary N) is 1. The first-order chi connectivity index (χ1) is 13.0. The van der Waals surface area contributed by atoms with Crippen molar-refractivity contribution in [3.05, 3.63) is 65.2 Å².